The van der Waals surface area contributed by atoms with E-state index in [1.54, 1.807) is 30.7 Å². The third kappa shape index (κ3) is 3.74. The van der Waals surface area contributed by atoms with Gasteiger partial charge in [-0.2, -0.15) is 0 Å². The first kappa shape index (κ1) is 19.2. The van der Waals surface area contributed by atoms with E-state index < -0.39 is 9.73 Å². The van der Waals surface area contributed by atoms with Gasteiger partial charge >= 0.3 is 0 Å². The van der Waals surface area contributed by atoms with Crippen LogP contribution in [0.25, 0.3) is 10.2 Å². The van der Waals surface area contributed by atoms with Crippen molar-refractivity contribution < 1.29 is 4.21 Å². The Hall–Kier alpha value is -2.10. The Labute approximate surface area is 169 Å². The maximum absolute atomic E-state index is 12.1. The molecule has 0 aliphatic carbocycles. The second kappa shape index (κ2) is 7.73. The topological polar surface area (TPSA) is 86.1 Å². The maximum Gasteiger partial charge on any atom is 0.225 e. The lowest BCUT2D eigenvalue weighted by molar-refractivity contribution is 0.198. The fraction of sp³-hybridized carbons (Fsp3) is 0.421. The lowest BCUT2D eigenvalue weighted by atomic mass is 10.1. The molecule has 0 radical (unpaired) electrons. The van der Waals surface area contributed by atoms with Gasteiger partial charge in [0.05, 0.1) is 30.4 Å². The van der Waals surface area contributed by atoms with Crippen LogP contribution in [0.4, 0.5) is 5.95 Å². The second-order valence-corrected chi connectivity index (χ2v) is 10.2. The first-order valence-corrected chi connectivity index (χ1v) is 12.0. The van der Waals surface area contributed by atoms with Crippen molar-refractivity contribution in [2.45, 2.75) is 24.8 Å². The Balaban J connectivity index is 1.41. The summed E-state index contributed by atoms with van der Waals surface area (Å²) in [5.74, 6) is 0.921. The van der Waals surface area contributed by atoms with Crippen LogP contribution in [0.15, 0.2) is 41.0 Å². The molecule has 4 rings (SSSR count). The third-order valence-corrected chi connectivity index (χ3v) is 7.98. The number of piperazine rings is 1. The number of thiazole rings is 1. The van der Waals surface area contributed by atoms with Crippen LogP contribution in [0.2, 0.25) is 0 Å². The lowest BCUT2D eigenvalue weighted by Gasteiger charge is -2.38. The van der Waals surface area contributed by atoms with Crippen molar-refractivity contribution in [3.63, 3.8) is 0 Å². The molecule has 7 nitrogen and oxygen atoms in total. The van der Waals surface area contributed by atoms with E-state index in [0.717, 1.165) is 31.7 Å². The molecule has 1 N–H and O–H groups in total. The second-order valence-electron chi connectivity index (χ2n) is 6.96. The number of nitrogens with zero attached hydrogens (tertiary/aromatic N) is 5. The molecule has 3 aromatic rings. The standard InChI is InChI=1S/C19H24N6OS2/c1-3-28(20,26)16-11-21-19(22-12-16)25-8-6-24(7-9-25)14(2)15-4-5-18-17(10-15)23-13-27-18/h4-5,10-14,20H,3,6-9H2,1-2H3/t14-,28+/m0/s1. The zero-order chi connectivity index (χ0) is 19.7. The van der Waals surface area contributed by atoms with Crippen LogP contribution >= 0.6 is 11.3 Å². The van der Waals surface area contributed by atoms with Crippen LogP contribution in [0, 0.1) is 4.78 Å². The highest BCUT2D eigenvalue weighted by Gasteiger charge is 2.24. The van der Waals surface area contributed by atoms with Gasteiger partial charge in [0, 0.05) is 50.4 Å². The fourth-order valence-electron chi connectivity index (χ4n) is 3.46. The van der Waals surface area contributed by atoms with E-state index in [-0.39, 0.29) is 5.75 Å². The molecule has 1 fully saturated rings. The van der Waals surface area contributed by atoms with Gasteiger partial charge in [0.2, 0.25) is 5.95 Å². The number of hydrogen-bond acceptors (Lipinski definition) is 8. The molecule has 0 bridgehead atoms. The van der Waals surface area contributed by atoms with Gasteiger partial charge in [-0.3, -0.25) is 4.90 Å². The zero-order valence-corrected chi connectivity index (χ0v) is 17.7. The number of fused-ring (bicyclic) bond motifs is 1. The van der Waals surface area contributed by atoms with E-state index in [0.29, 0.717) is 16.9 Å². The summed E-state index contributed by atoms with van der Waals surface area (Å²) < 4.78 is 21.2. The summed E-state index contributed by atoms with van der Waals surface area (Å²) in [4.78, 5) is 18.2. The largest absolute Gasteiger partial charge is 0.338 e. The number of aromatic nitrogens is 3. The number of hydrogen-bond donors (Lipinski definition) is 1. The molecule has 3 heterocycles. The third-order valence-electron chi connectivity index (χ3n) is 5.38. The van der Waals surface area contributed by atoms with Crippen molar-refractivity contribution in [3.05, 3.63) is 41.7 Å². The summed E-state index contributed by atoms with van der Waals surface area (Å²) in [7, 11) is -2.76. The van der Waals surface area contributed by atoms with Gasteiger partial charge in [0.25, 0.3) is 0 Å². The summed E-state index contributed by atoms with van der Waals surface area (Å²) in [6.07, 6.45) is 3.08. The highest BCUT2D eigenvalue weighted by molar-refractivity contribution is 7.92. The van der Waals surface area contributed by atoms with Crippen LogP contribution in [-0.4, -0.2) is 56.0 Å². The van der Waals surface area contributed by atoms with Crippen molar-refractivity contribution >= 4 is 37.2 Å². The number of nitrogens with one attached hydrogen (secondary N) is 1. The average molecular weight is 417 g/mol. The lowest BCUT2D eigenvalue weighted by Crippen LogP contribution is -2.47. The van der Waals surface area contributed by atoms with Gasteiger partial charge in [-0.15, -0.1) is 11.3 Å². The normalized spacial score (nSPS) is 18.9. The predicted octanol–water partition coefficient (Wildman–Crippen LogP) is 3.40. The molecule has 148 valence electrons. The molecular weight excluding hydrogens is 392 g/mol. The average Bonchev–Trinajstić information content (AvgIpc) is 3.21. The molecule has 9 heteroatoms. The Morgan fingerprint density at radius 1 is 1.18 bits per heavy atom. The van der Waals surface area contributed by atoms with Crippen LogP contribution in [-0.2, 0) is 9.73 Å². The van der Waals surface area contributed by atoms with E-state index in [4.69, 9.17) is 4.78 Å². The number of anilines is 1. The van der Waals surface area contributed by atoms with Gasteiger partial charge in [-0.05, 0) is 24.6 Å². The summed E-state index contributed by atoms with van der Waals surface area (Å²) in [5, 5.41) is 0. The Morgan fingerprint density at radius 2 is 1.89 bits per heavy atom. The molecule has 1 aliphatic heterocycles. The van der Waals surface area contributed by atoms with E-state index in [1.165, 1.54) is 10.3 Å². The number of rotatable bonds is 5. The van der Waals surface area contributed by atoms with E-state index in [9.17, 15) is 4.21 Å². The molecule has 28 heavy (non-hydrogen) atoms. The molecule has 0 saturated carbocycles. The first-order chi connectivity index (χ1) is 13.5. The molecule has 0 unspecified atom stereocenters. The Morgan fingerprint density at radius 3 is 2.57 bits per heavy atom. The van der Waals surface area contributed by atoms with Gasteiger partial charge in [0.15, 0.2) is 0 Å². The number of benzene rings is 1. The van der Waals surface area contributed by atoms with Crippen LogP contribution in [0.1, 0.15) is 25.5 Å². The van der Waals surface area contributed by atoms with E-state index in [2.05, 4.69) is 49.9 Å². The van der Waals surface area contributed by atoms with Gasteiger partial charge < -0.3 is 4.90 Å². The quantitative estimate of drug-likeness (QED) is 0.686. The van der Waals surface area contributed by atoms with Crippen LogP contribution in [0.5, 0.6) is 0 Å². The Bertz CT molecular complexity index is 1060. The summed E-state index contributed by atoms with van der Waals surface area (Å²) in [6, 6.07) is 6.88. The van der Waals surface area contributed by atoms with E-state index >= 15 is 0 Å². The molecule has 2 atom stereocenters. The Kier molecular flexibility index (Phi) is 5.31. The summed E-state index contributed by atoms with van der Waals surface area (Å²) in [6.45, 7) is 7.51. The highest BCUT2D eigenvalue weighted by atomic mass is 32.2. The van der Waals surface area contributed by atoms with Crippen molar-refractivity contribution in [3.8, 4) is 0 Å². The fourth-order valence-corrected chi connectivity index (χ4v) is 4.90. The predicted molar refractivity (Wildman–Crippen MR) is 114 cm³/mol. The van der Waals surface area contributed by atoms with Gasteiger partial charge in [0.1, 0.15) is 0 Å². The molecule has 1 saturated heterocycles. The van der Waals surface area contributed by atoms with Crippen LogP contribution < -0.4 is 4.90 Å². The first-order valence-electron chi connectivity index (χ1n) is 9.38. The maximum atomic E-state index is 12.1. The van der Waals surface area contributed by atoms with Gasteiger partial charge in [-0.1, -0.05) is 13.0 Å². The SMILES string of the molecule is CC[S@@](=N)(=O)c1cnc(N2CCN([C@@H](C)c3ccc4scnc4c3)CC2)nc1. The van der Waals surface area contributed by atoms with Crippen molar-refractivity contribution in [1.82, 2.24) is 19.9 Å². The highest BCUT2D eigenvalue weighted by Crippen LogP contribution is 2.27. The monoisotopic (exact) mass is 416 g/mol. The van der Waals surface area contributed by atoms with Crippen molar-refractivity contribution in [2.75, 3.05) is 36.8 Å². The molecular formula is C19H24N6OS2. The smallest absolute Gasteiger partial charge is 0.225 e. The van der Waals surface area contributed by atoms with Crippen molar-refractivity contribution in [1.29, 1.82) is 4.78 Å². The minimum atomic E-state index is -2.76. The summed E-state index contributed by atoms with van der Waals surface area (Å²) >= 11 is 1.67. The van der Waals surface area contributed by atoms with E-state index in [1.807, 2.05) is 5.51 Å². The summed E-state index contributed by atoms with van der Waals surface area (Å²) in [5.41, 5.74) is 4.25. The molecule has 2 aromatic heterocycles. The minimum absolute atomic E-state index is 0.277. The van der Waals surface area contributed by atoms with Gasteiger partial charge in [-0.25, -0.2) is 23.9 Å². The minimum Gasteiger partial charge on any atom is -0.338 e. The molecule has 1 aliphatic rings. The zero-order valence-electron chi connectivity index (χ0n) is 16.0. The molecule has 1 aromatic carbocycles. The van der Waals surface area contributed by atoms with Crippen LogP contribution in [0.3, 0.4) is 0 Å². The molecule has 0 amide bonds. The van der Waals surface area contributed by atoms with Crippen molar-refractivity contribution in [2.24, 2.45) is 0 Å². The molecule has 0 spiro atoms.